The molecule has 3 aromatic heterocycles. The minimum Gasteiger partial charge on any atom is -0.394 e. The normalized spacial score (nSPS) is 17.4. The lowest BCUT2D eigenvalue weighted by molar-refractivity contribution is -0.140. The topological polar surface area (TPSA) is 95.2 Å². The van der Waals surface area contributed by atoms with E-state index in [1.165, 1.54) is 12.4 Å². The van der Waals surface area contributed by atoms with E-state index in [1.54, 1.807) is 6.07 Å². The quantitative estimate of drug-likeness (QED) is 0.231. The zero-order valence-corrected chi connectivity index (χ0v) is 18.2. The van der Waals surface area contributed by atoms with Crippen LogP contribution >= 0.6 is 0 Å². The number of anilines is 1. The highest BCUT2D eigenvalue weighted by molar-refractivity contribution is 6.07. The highest BCUT2D eigenvalue weighted by Gasteiger charge is 2.34. The number of nitrogens with one attached hydrogen (secondary N) is 2. The summed E-state index contributed by atoms with van der Waals surface area (Å²) in [5.74, 6) is -0.109. The van der Waals surface area contributed by atoms with Crippen molar-refractivity contribution in [3.05, 3.63) is 59.4 Å². The van der Waals surface area contributed by atoms with E-state index < -0.39 is 17.8 Å². The number of hydrogen-bond acceptors (Lipinski definition) is 5. The first kappa shape index (κ1) is 22.3. The number of nitrogens with zero attached hydrogens (tertiary/aromatic N) is 4. The van der Waals surface area contributed by atoms with E-state index in [1.807, 2.05) is 4.90 Å². The van der Waals surface area contributed by atoms with Gasteiger partial charge >= 0.3 is 6.18 Å². The Labute approximate surface area is 192 Å². The van der Waals surface area contributed by atoms with E-state index >= 15 is 0 Å². The van der Waals surface area contributed by atoms with Crippen LogP contribution in [0, 0.1) is 5.95 Å². The highest BCUT2D eigenvalue weighted by atomic mass is 19.4. The molecule has 5 rings (SSSR count). The van der Waals surface area contributed by atoms with Crippen LogP contribution in [0.4, 0.5) is 23.2 Å². The van der Waals surface area contributed by atoms with Gasteiger partial charge in [0.25, 0.3) is 0 Å². The van der Waals surface area contributed by atoms with Crippen LogP contribution in [0.1, 0.15) is 41.1 Å². The molecule has 2 fully saturated rings. The molecule has 1 aliphatic carbocycles. The number of aromatic nitrogens is 3. The number of halogens is 4. The Kier molecular flexibility index (Phi) is 5.51. The third-order valence-corrected chi connectivity index (χ3v) is 6.14. The first-order valence-corrected chi connectivity index (χ1v) is 11.0. The molecule has 3 aromatic rings. The number of nitrogens with two attached hydrogens (primary N) is 1. The van der Waals surface area contributed by atoms with Crippen molar-refractivity contribution in [2.24, 2.45) is 4.99 Å². The van der Waals surface area contributed by atoms with E-state index in [-0.39, 0.29) is 28.3 Å². The second-order valence-corrected chi connectivity index (χ2v) is 8.49. The first-order valence-electron chi connectivity index (χ1n) is 11.0. The third-order valence-electron chi connectivity index (χ3n) is 6.14. The molecule has 7 nitrogen and oxygen atoms in total. The molecule has 1 saturated carbocycles. The van der Waals surface area contributed by atoms with Crippen LogP contribution in [0.25, 0.3) is 16.7 Å². The van der Waals surface area contributed by atoms with Crippen molar-refractivity contribution in [3.63, 3.8) is 0 Å². The van der Waals surface area contributed by atoms with Gasteiger partial charge in [-0.05, 0) is 36.5 Å². The van der Waals surface area contributed by atoms with E-state index in [9.17, 15) is 17.6 Å². The van der Waals surface area contributed by atoms with Crippen molar-refractivity contribution in [1.82, 2.24) is 25.2 Å². The number of hydrogen-bond donors (Lipinski definition) is 3. The van der Waals surface area contributed by atoms with Crippen LogP contribution in [-0.4, -0.2) is 51.9 Å². The predicted molar refractivity (Wildman–Crippen MR) is 122 cm³/mol. The number of fused-ring (bicyclic) bond motifs is 1. The SMILES string of the molecule is C=C(/N=C(\c1c(C2CC2)cnc(F)c1N)N1CCNCC1)c1ccnc2[nH]c(C(F)(F)F)cc12. The third kappa shape index (κ3) is 4.11. The van der Waals surface area contributed by atoms with E-state index in [0.717, 1.165) is 24.5 Å². The molecule has 2 aliphatic rings. The van der Waals surface area contributed by atoms with Crippen LogP contribution in [-0.2, 0) is 6.18 Å². The number of nitrogen functional groups attached to an aromatic ring is 1. The van der Waals surface area contributed by atoms with Crippen molar-refractivity contribution in [2.45, 2.75) is 24.9 Å². The smallest absolute Gasteiger partial charge is 0.394 e. The van der Waals surface area contributed by atoms with Crippen molar-refractivity contribution in [1.29, 1.82) is 0 Å². The maximum absolute atomic E-state index is 14.5. The number of piperazine rings is 1. The highest BCUT2D eigenvalue weighted by Crippen LogP contribution is 2.43. The molecule has 178 valence electrons. The van der Waals surface area contributed by atoms with Gasteiger partial charge in [-0.1, -0.05) is 6.58 Å². The standard InChI is InChI=1S/C23H23F4N7/c1-12(14-4-5-30-21-15(14)10-17(33-21)23(25,26)27)32-22(34-8-6-29-7-9-34)18-16(13-2-3-13)11-31-20(24)19(18)28/h4-5,10-11,13,29H,1-3,6-9,28H2,(H,30,33)/b32-22+. The second kappa shape index (κ2) is 8.39. The Morgan fingerprint density at radius 1 is 1.21 bits per heavy atom. The summed E-state index contributed by atoms with van der Waals surface area (Å²) in [6.45, 7) is 6.65. The van der Waals surface area contributed by atoms with Crippen molar-refractivity contribution < 1.29 is 17.6 Å². The van der Waals surface area contributed by atoms with Gasteiger partial charge in [-0.3, -0.25) is 0 Å². The molecule has 4 heterocycles. The molecule has 0 aromatic carbocycles. The molecule has 0 amide bonds. The van der Waals surface area contributed by atoms with Gasteiger partial charge in [-0.15, -0.1) is 0 Å². The molecule has 1 saturated heterocycles. The van der Waals surface area contributed by atoms with Crippen LogP contribution in [0.3, 0.4) is 0 Å². The van der Waals surface area contributed by atoms with Gasteiger partial charge in [0.2, 0.25) is 5.95 Å². The number of aromatic amines is 1. The maximum atomic E-state index is 14.5. The van der Waals surface area contributed by atoms with Crippen molar-refractivity contribution in [3.8, 4) is 0 Å². The summed E-state index contributed by atoms with van der Waals surface area (Å²) in [7, 11) is 0. The number of amidine groups is 1. The van der Waals surface area contributed by atoms with Gasteiger partial charge in [-0.2, -0.15) is 17.6 Å². The lowest BCUT2D eigenvalue weighted by atomic mass is 10.0. The van der Waals surface area contributed by atoms with E-state index in [4.69, 9.17) is 10.7 Å². The number of rotatable bonds is 4. The molecule has 1 aliphatic heterocycles. The lowest BCUT2D eigenvalue weighted by Gasteiger charge is -2.32. The Hall–Kier alpha value is -3.47. The lowest BCUT2D eigenvalue weighted by Crippen LogP contribution is -2.47. The molecule has 34 heavy (non-hydrogen) atoms. The summed E-state index contributed by atoms with van der Waals surface area (Å²) in [6, 6.07) is 2.56. The average molecular weight is 473 g/mol. The van der Waals surface area contributed by atoms with Crippen molar-refractivity contribution in [2.75, 3.05) is 31.9 Å². The summed E-state index contributed by atoms with van der Waals surface area (Å²) in [6.07, 6.45) is 0.256. The molecule has 0 atom stereocenters. The summed E-state index contributed by atoms with van der Waals surface area (Å²) < 4.78 is 54.3. The summed E-state index contributed by atoms with van der Waals surface area (Å²) >= 11 is 0. The predicted octanol–water partition coefficient (Wildman–Crippen LogP) is 3.90. The molecule has 0 spiro atoms. The Balaban J connectivity index is 1.65. The average Bonchev–Trinajstić information content (AvgIpc) is 3.55. The van der Waals surface area contributed by atoms with Crippen LogP contribution in [0.2, 0.25) is 0 Å². The summed E-state index contributed by atoms with van der Waals surface area (Å²) in [4.78, 5) is 16.9. The number of H-pyrrole nitrogens is 1. The second-order valence-electron chi connectivity index (χ2n) is 8.49. The molecule has 0 bridgehead atoms. The maximum Gasteiger partial charge on any atom is 0.431 e. The molecular formula is C23H23F4N7. The van der Waals surface area contributed by atoms with Gasteiger partial charge in [0.1, 0.15) is 17.2 Å². The zero-order chi connectivity index (χ0) is 24.0. The summed E-state index contributed by atoms with van der Waals surface area (Å²) in [5.41, 5.74) is 7.20. The largest absolute Gasteiger partial charge is 0.431 e. The van der Waals surface area contributed by atoms with Gasteiger partial charge in [-0.25, -0.2) is 15.0 Å². The number of alkyl halides is 3. The van der Waals surface area contributed by atoms with Gasteiger partial charge in [0.15, 0.2) is 0 Å². The fraction of sp³-hybridized carbons (Fsp3) is 0.348. The van der Waals surface area contributed by atoms with Gasteiger partial charge < -0.3 is 20.9 Å². The zero-order valence-electron chi connectivity index (χ0n) is 18.2. The van der Waals surface area contributed by atoms with Gasteiger partial charge in [0.05, 0.1) is 11.4 Å². The van der Waals surface area contributed by atoms with Gasteiger partial charge in [0, 0.05) is 55.1 Å². The van der Waals surface area contributed by atoms with Crippen molar-refractivity contribution >= 4 is 28.3 Å². The summed E-state index contributed by atoms with van der Waals surface area (Å²) in [5, 5.41) is 3.52. The Morgan fingerprint density at radius 2 is 1.94 bits per heavy atom. The number of aliphatic imine (C=N–C) groups is 1. The number of pyridine rings is 2. The molecule has 4 N–H and O–H groups in total. The van der Waals surface area contributed by atoms with Crippen LogP contribution < -0.4 is 11.1 Å². The Bertz CT molecular complexity index is 1280. The first-order chi connectivity index (χ1) is 16.2. The Morgan fingerprint density at radius 3 is 2.62 bits per heavy atom. The minimum absolute atomic E-state index is 0.0815. The molecule has 11 heteroatoms. The van der Waals surface area contributed by atoms with Crippen LogP contribution in [0.15, 0.2) is 36.1 Å². The molecule has 0 unspecified atom stereocenters. The van der Waals surface area contributed by atoms with E-state index in [0.29, 0.717) is 43.1 Å². The minimum atomic E-state index is -4.54. The monoisotopic (exact) mass is 473 g/mol. The van der Waals surface area contributed by atoms with Crippen LogP contribution in [0.5, 0.6) is 0 Å². The molecule has 0 radical (unpaired) electrons. The fourth-order valence-electron chi connectivity index (χ4n) is 4.25. The molecular weight excluding hydrogens is 450 g/mol. The fourth-order valence-corrected chi connectivity index (χ4v) is 4.25. The van der Waals surface area contributed by atoms with E-state index in [2.05, 4.69) is 26.8 Å².